The first-order chi connectivity index (χ1) is 23.3. The van der Waals surface area contributed by atoms with Gasteiger partial charge in [0.15, 0.2) is 5.70 Å². The Bertz CT molecular complexity index is 1470. The molecule has 0 N–H and O–H groups in total. The van der Waals surface area contributed by atoms with Gasteiger partial charge in [-0.3, -0.25) is 4.90 Å². The first-order valence-electron chi connectivity index (χ1n) is 20.5. The Balaban J connectivity index is 0.786. The van der Waals surface area contributed by atoms with Gasteiger partial charge in [0.1, 0.15) is 0 Å². The lowest BCUT2D eigenvalue weighted by molar-refractivity contribution is -0.430. The van der Waals surface area contributed by atoms with Gasteiger partial charge in [0.2, 0.25) is 12.3 Å². The van der Waals surface area contributed by atoms with Crippen LogP contribution in [0.4, 0.5) is 0 Å². The molecule has 0 radical (unpaired) electrons. The Morgan fingerprint density at radius 3 is 2.53 bits per heavy atom. The van der Waals surface area contributed by atoms with Gasteiger partial charge >= 0.3 is 0 Å². The summed E-state index contributed by atoms with van der Waals surface area (Å²) in [5.41, 5.74) is 7.27. The lowest BCUT2D eigenvalue weighted by atomic mass is 9.71. The fourth-order valence-electron chi connectivity index (χ4n) is 12.8. The summed E-state index contributed by atoms with van der Waals surface area (Å²) in [6.07, 6.45) is 48.7. The highest BCUT2D eigenvalue weighted by Crippen LogP contribution is 2.61. The van der Waals surface area contributed by atoms with Crippen LogP contribution in [-0.2, 0) is 0 Å². The van der Waals surface area contributed by atoms with Crippen molar-refractivity contribution in [1.82, 2.24) is 4.90 Å². The van der Waals surface area contributed by atoms with Gasteiger partial charge < -0.3 is 0 Å². The summed E-state index contributed by atoms with van der Waals surface area (Å²) in [6.45, 7) is 0. The first kappa shape index (κ1) is 30.3. The van der Waals surface area contributed by atoms with Gasteiger partial charge in [-0.05, 0) is 131 Å². The number of hydrogen-bond acceptors (Lipinski definition) is 2. The molecule has 11 unspecified atom stereocenters. The van der Waals surface area contributed by atoms with Gasteiger partial charge in [0.05, 0.1) is 0 Å². The molecule has 3 fully saturated rings. The Morgan fingerprint density at radius 1 is 0.723 bits per heavy atom. The summed E-state index contributed by atoms with van der Waals surface area (Å²) in [7, 11) is 0. The van der Waals surface area contributed by atoms with Crippen LogP contribution in [0.25, 0.3) is 0 Å². The molecule has 0 aromatic rings. The molecule has 7 aliphatic carbocycles. The molecule has 250 valence electrons. The molecule has 0 spiro atoms. The summed E-state index contributed by atoms with van der Waals surface area (Å²) in [6, 6.07) is 2.82. The van der Waals surface area contributed by atoms with Gasteiger partial charge in [-0.25, -0.2) is 0 Å². The molecule has 3 heterocycles. The van der Waals surface area contributed by atoms with E-state index in [0.29, 0.717) is 12.0 Å². The van der Waals surface area contributed by atoms with Crippen molar-refractivity contribution in [3.8, 4) is 0 Å². The van der Waals surface area contributed by atoms with Crippen molar-refractivity contribution >= 4 is 18.0 Å². The van der Waals surface area contributed by atoms with Crippen molar-refractivity contribution in [2.75, 3.05) is 0 Å². The highest BCUT2D eigenvalue weighted by Gasteiger charge is 2.56. The smallest absolute Gasteiger partial charge is 0.236 e. The highest BCUT2D eigenvalue weighted by atomic mass is 32.2. The maximum atomic E-state index is 3.08. The summed E-state index contributed by atoms with van der Waals surface area (Å²) in [5.74, 6) is 5.01. The molecule has 10 rings (SSSR count). The number of hydrogen-bond donors (Lipinski definition) is 0. The quantitative estimate of drug-likeness (QED) is 0.216. The second-order valence-electron chi connectivity index (χ2n) is 17.4. The zero-order chi connectivity index (χ0) is 30.9. The molecule has 1 saturated heterocycles. The third-order valence-corrected chi connectivity index (χ3v) is 16.8. The lowest BCUT2D eigenvalue weighted by Gasteiger charge is -2.40. The van der Waals surface area contributed by atoms with E-state index < -0.39 is 0 Å². The van der Waals surface area contributed by atoms with E-state index in [1.165, 1.54) is 128 Å². The van der Waals surface area contributed by atoms with Crippen LogP contribution in [0.2, 0.25) is 0 Å². The highest BCUT2D eigenvalue weighted by molar-refractivity contribution is 8.04. The fourth-order valence-corrected chi connectivity index (χ4v) is 14.8. The topological polar surface area (TPSA) is 6.25 Å². The molecule has 3 aliphatic heterocycles. The van der Waals surface area contributed by atoms with Crippen molar-refractivity contribution in [3.05, 3.63) is 69.9 Å². The fraction of sp³-hybridized carbons (Fsp3) is 0.705. The molecular formula is C44H59N2S+. The van der Waals surface area contributed by atoms with Crippen molar-refractivity contribution in [3.63, 3.8) is 0 Å². The third-order valence-electron chi connectivity index (χ3n) is 15.1. The number of rotatable bonds is 5. The maximum absolute atomic E-state index is 3.08. The Labute approximate surface area is 289 Å². The summed E-state index contributed by atoms with van der Waals surface area (Å²) >= 11 is 2.37. The molecule has 0 aromatic heterocycles. The van der Waals surface area contributed by atoms with E-state index in [0.717, 1.165) is 53.0 Å². The second-order valence-corrected chi connectivity index (χ2v) is 18.7. The SMILES string of the molecule is C1=CC2C3C4=C(CCC3N(C3CC=C([N+]5=CC5C5CCCC(C6=CCC(C7=CCCCC7)CC6)C5)CC3)C2C=C1)C1CCCCC1S4. The molecule has 11 atom stereocenters. The molecule has 0 amide bonds. The van der Waals surface area contributed by atoms with Crippen LogP contribution in [0.3, 0.4) is 0 Å². The van der Waals surface area contributed by atoms with Gasteiger partial charge in [0.25, 0.3) is 0 Å². The van der Waals surface area contributed by atoms with E-state index in [2.05, 4.69) is 70.0 Å². The Hall–Kier alpha value is -1.58. The molecule has 0 aromatic carbocycles. The average Bonchev–Trinajstić information content (AvgIpc) is 3.75. The standard InChI is InChI=1S/C44H59N2S/c1-2-9-29(10-3-1)30-17-19-31(20-18-30)32-11-8-12-33(27-32)41-28-45(41)34-21-23-35(24-22-34)46-39-15-6-4-14-38(39)43-40(46)26-25-37-36-13-5-7-16-42(36)47-44(37)43/h4,6,9,14-15,19,21,28,30,32-33,35-36,38-43H,1-3,5,7-8,10-13,16-18,20,22-27H2/q+1. The van der Waals surface area contributed by atoms with Crippen LogP contribution in [0.5, 0.6) is 0 Å². The normalized spacial score (nSPS) is 44.5. The maximum Gasteiger partial charge on any atom is 0.236 e. The van der Waals surface area contributed by atoms with Gasteiger partial charge in [-0.1, -0.05) is 72.4 Å². The van der Waals surface area contributed by atoms with E-state index in [-0.39, 0.29) is 0 Å². The number of likely N-dealkylation sites (tertiary alicyclic amines) is 1. The molecule has 10 aliphatic rings. The van der Waals surface area contributed by atoms with E-state index in [1.54, 1.807) is 5.70 Å². The van der Waals surface area contributed by atoms with Gasteiger partial charge in [-0.15, -0.1) is 11.8 Å². The molecule has 0 bridgehead atoms. The zero-order valence-electron chi connectivity index (χ0n) is 28.9. The van der Waals surface area contributed by atoms with Crippen LogP contribution < -0.4 is 0 Å². The van der Waals surface area contributed by atoms with E-state index in [9.17, 15) is 0 Å². The minimum Gasteiger partial charge on any atom is -0.289 e. The van der Waals surface area contributed by atoms with E-state index in [4.69, 9.17) is 0 Å². The molecule has 47 heavy (non-hydrogen) atoms. The predicted octanol–water partition coefficient (Wildman–Crippen LogP) is 10.7. The number of fused-ring (bicyclic) bond motifs is 6. The number of thioether (sulfide) groups is 1. The minimum atomic E-state index is 0.619. The largest absolute Gasteiger partial charge is 0.289 e. The second kappa shape index (κ2) is 12.6. The molecule has 3 heteroatoms. The summed E-state index contributed by atoms with van der Waals surface area (Å²) < 4.78 is 2.75. The van der Waals surface area contributed by atoms with Crippen LogP contribution in [-0.4, -0.2) is 45.1 Å². The third kappa shape index (κ3) is 5.42. The van der Waals surface area contributed by atoms with Crippen molar-refractivity contribution in [1.29, 1.82) is 0 Å². The van der Waals surface area contributed by atoms with Crippen LogP contribution in [0.15, 0.2) is 69.9 Å². The van der Waals surface area contributed by atoms with Crippen molar-refractivity contribution < 1.29 is 4.58 Å². The zero-order valence-corrected chi connectivity index (χ0v) is 29.7. The predicted molar refractivity (Wildman–Crippen MR) is 198 cm³/mol. The van der Waals surface area contributed by atoms with Crippen LogP contribution in [0.1, 0.15) is 128 Å². The Morgan fingerprint density at radius 2 is 1.66 bits per heavy atom. The average molecular weight is 648 g/mol. The molecule has 2 saturated carbocycles. The van der Waals surface area contributed by atoms with Crippen LogP contribution >= 0.6 is 11.8 Å². The lowest BCUT2D eigenvalue weighted by Crippen LogP contribution is -2.46. The van der Waals surface area contributed by atoms with E-state index >= 15 is 0 Å². The van der Waals surface area contributed by atoms with E-state index in [1.807, 2.05) is 21.6 Å². The molecular weight excluding hydrogens is 589 g/mol. The van der Waals surface area contributed by atoms with Crippen molar-refractivity contribution in [2.24, 2.45) is 35.5 Å². The van der Waals surface area contributed by atoms with Crippen molar-refractivity contribution in [2.45, 2.75) is 158 Å². The minimum absolute atomic E-state index is 0.619. The summed E-state index contributed by atoms with van der Waals surface area (Å²) in [5, 5.41) is 0.912. The van der Waals surface area contributed by atoms with Gasteiger partial charge in [-0.2, -0.15) is 4.58 Å². The summed E-state index contributed by atoms with van der Waals surface area (Å²) in [4.78, 5) is 4.97. The number of nitrogens with zero attached hydrogens (tertiary/aromatic N) is 2. The molecule has 2 nitrogen and oxygen atoms in total. The van der Waals surface area contributed by atoms with Crippen LogP contribution in [0, 0.1) is 35.5 Å². The Kier molecular flexibility index (Phi) is 8.13. The van der Waals surface area contributed by atoms with Gasteiger partial charge in [0, 0.05) is 47.6 Å². The first-order valence-corrected chi connectivity index (χ1v) is 21.4. The monoisotopic (exact) mass is 647 g/mol. The number of allylic oxidation sites excluding steroid dienone is 8.